The van der Waals surface area contributed by atoms with Crippen LogP contribution in [0.2, 0.25) is 0 Å². The van der Waals surface area contributed by atoms with Crippen LogP contribution in [0.4, 0.5) is 13.2 Å². The molecule has 0 atom stereocenters. The van der Waals surface area contributed by atoms with E-state index in [0.717, 1.165) is 18.3 Å². The number of carbonyl (C=O) groups is 1. The lowest BCUT2D eigenvalue weighted by molar-refractivity contribution is 0.0959. The predicted octanol–water partition coefficient (Wildman–Crippen LogP) is 2.93. The van der Waals surface area contributed by atoms with Gasteiger partial charge in [0.2, 0.25) is 0 Å². The molecule has 0 aliphatic heterocycles. The molecule has 0 aliphatic rings. The highest BCUT2D eigenvalue weighted by molar-refractivity contribution is 7.12. The molecule has 7 heteroatoms. The zero-order chi connectivity index (χ0) is 13.8. The third-order valence-corrected chi connectivity index (χ3v) is 3.02. The molecule has 0 unspecified atom stereocenters. The van der Waals surface area contributed by atoms with E-state index in [0.29, 0.717) is 11.3 Å². The Morgan fingerprint density at radius 3 is 2.68 bits per heavy atom. The van der Waals surface area contributed by atoms with E-state index in [4.69, 9.17) is 0 Å². The largest absolute Gasteiger partial charge is 0.281 e. The van der Waals surface area contributed by atoms with E-state index >= 15 is 0 Å². The first-order chi connectivity index (χ1) is 9.08. The van der Waals surface area contributed by atoms with Crippen molar-refractivity contribution in [3.63, 3.8) is 0 Å². The average Bonchev–Trinajstić information content (AvgIpc) is 2.81. The van der Waals surface area contributed by atoms with Crippen LogP contribution in [0.25, 0.3) is 0 Å². The molecule has 0 bridgehead atoms. The summed E-state index contributed by atoms with van der Waals surface area (Å²) in [6.45, 7) is 0. The second kappa shape index (κ2) is 5.66. The number of nitrogens with zero attached hydrogens (tertiary/aromatic N) is 1. The lowest BCUT2D eigenvalue weighted by Gasteiger charge is -1.98. The van der Waals surface area contributed by atoms with Gasteiger partial charge in [0, 0.05) is 5.56 Å². The van der Waals surface area contributed by atoms with Gasteiger partial charge in [-0.2, -0.15) is 9.49 Å². The Morgan fingerprint density at radius 1 is 1.21 bits per heavy atom. The molecule has 0 saturated heterocycles. The molecule has 1 N–H and O–H groups in total. The van der Waals surface area contributed by atoms with E-state index in [1.807, 2.05) is 0 Å². The third-order valence-electron chi connectivity index (χ3n) is 2.15. The Balaban J connectivity index is 2.04. The molecule has 3 nitrogen and oxygen atoms in total. The van der Waals surface area contributed by atoms with Gasteiger partial charge in [-0.3, -0.25) is 4.79 Å². The summed E-state index contributed by atoms with van der Waals surface area (Å²) >= 11 is 0.661. The van der Waals surface area contributed by atoms with Crippen molar-refractivity contribution in [2.45, 2.75) is 0 Å². The van der Waals surface area contributed by atoms with Gasteiger partial charge in [0.15, 0.2) is 16.8 Å². The van der Waals surface area contributed by atoms with E-state index in [1.54, 1.807) is 0 Å². The van der Waals surface area contributed by atoms with Gasteiger partial charge in [0.05, 0.1) is 11.1 Å². The maximum Gasteiger partial charge on any atom is 0.281 e. The van der Waals surface area contributed by atoms with Crippen molar-refractivity contribution >= 4 is 23.5 Å². The number of thiophene rings is 1. The second-order valence-electron chi connectivity index (χ2n) is 3.45. The molecule has 0 fully saturated rings. The van der Waals surface area contributed by atoms with E-state index in [1.165, 1.54) is 18.2 Å². The van der Waals surface area contributed by atoms with Gasteiger partial charge < -0.3 is 0 Å². The average molecular weight is 284 g/mol. The second-order valence-corrected chi connectivity index (χ2v) is 4.48. The van der Waals surface area contributed by atoms with Crippen molar-refractivity contribution in [3.8, 4) is 0 Å². The smallest absolute Gasteiger partial charge is 0.266 e. The zero-order valence-electron chi connectivity index (χ0n) is 9.36. The van der Waals surface area contributed by atoms with Crippen LogP contribution in [-0.2, 0) is 0 Å². The van der Waals surface area contributed by atoms with Crippen molar-refractivity contribution < 1.29 is 18.0 Å². The Kier molecular flexibility index (Phi) is 3.96. The molecule has 0 aliphatic carbocycles. The number of hydrogen-bond acceptors (Lipinski definition) is 3. The zero-order valence-corrected chi connectivity index (χ0v) is 10.2. The lowest BCUT2D eigenvalue weighted by Crippen LogP contribution is -2.16. The van der Waals surface area contributed by atoms with E-state index in [9.17, 15) is 18.0 Å². The molecule has 0 saturated carbocycles. The molecule has 0 spiro atoms. The topological polar surface area (TPSA) is 41.5 Å². The number of amides is 1. The van der Waals surface area contributed by atoms with Gasteiger partial charge >= 0.3 is 0 Å². The van der Waals surface area contributed by atoms with Crippen molar-refractivity contribution in [2.75, 3.05) is 0 Å². The highest BCUT2D eigenvalue weighted by Crippen LogP contribution is 2.14. The maximum atomic E-state index is 13.2. The first-order valence-corrected chi connectivity index (χ1v) is 5.92. The minimum absolute atomic E-state index is 0.0994. The Bertz CT molecular complexity index is 640. The first kappa shape index (κ1) is 13.3. The molecule has 98 valence electrons. The van der Waals surface area contributed by atoms with Crippen LogP contribution in [-0.4, -0.2) is 12.1 Å². The fourth-order valence-corrected chi connectivity index (χ4v) is 1.89. The van der Waals surface area contributed by atoms with E-state index in [2.05, 4.69) is 10.5 Å². The van der Waals surface area contributed by atoms with Crippen LogP contribution >= 0.6 is 11.3 Å². The molecule has 1 aromatic carbocycles. The van der Waals surface area contributed by atoms with Crippen molar-refractivity contribution in [3.05, 3.63) is 57.5 Å². The molecule has 0 radical (unpaired) electrons. The molecular formula is C12H7F3N2OS. The van der Waals surface area contributed by atoms with Gasteiger partial charge in [-0.1, -0.05) is 12.1 Å². The fraction of sp³-hybridized carbons (Fsp3) is 0. The van der Waals surface area contributed by atoms with Gasteiger partial charge in [-0.05, 0) is 18.2 Å². The summed E-state index contributed by atoms with van der Waals surface area (Å²) in [4.78, 5) is 11.6. The number of benzene rings is 1. The standard InChI is InChI=1S/C12H7F3N2OS/c13-8-3-1-2-7(11(8)15)6-16-17-12(18)9-4-5-10(14)19-9/h1-6H,(H,17,18)/b16-6+. The van der Waals surface area contributed by atoms with Crippen molar-refractivity contribution in [1.82, 2.24) is 5.43 Å². The quantitative estimate of drug-likeness (QED) is 0.683. The Morgan fingerprint density at radius 2 is 2.00 bits per heavy atom. The summed E-state index contributed by atoms with van der Waals surface area (Å²) in [5.41, 5.74) is 1.99. The van der Waals surface area contributed by atoms with Crippen molar-refractivity contribution in [2.24, 2.45) is 5.10 Å². The highest BCUT2D eigenvalue weighted by atomic mass is 32.1. The van der Waals surface area contributed by atoms with Gasteiger partial charge in [0.1, 0.15) is 0 Å². The minimum atomic E-state index is -1.05. The van der Waals surface area contributed by atoms with Gasteiger partial charge in [-0.25, -0.2) is 14.2 Å². The fourth-order valence-electron chi connectivity index (χ4n) is 1.27. The van der Waals surface area contributed by atoms with Crippen LogP contribution in [0.3, 0.4) is 0 Å². The Hall–Kier alpha value is -2.15. The monoisotopic (exact) mass is 284 g/mol. The third kappa shape index (κ3) is 3.19. The van der Waals surface area contributed by atoms with E-state index in [-0.39, 0.29) is 10.4 Å². The summed E-state index contributed by atoms with van der Waals surface area (Å²) in [6.07, 6.45) is 0.972. The minimum Gasteiger partial charge on any atom is -0.266 e. The summed E-state index contributed by atoms with van der Waals surface area (Å²) in [5.74, 6) is -2.68. The summed E-state index contributed by atoms with van der Waals surface area (Å²) in [5, 5.41) is 2.99. The van der Waals surface area contributed by atoms with Crippen LogP contribution in [0.1, 0.15) is 15.2 Å². The molecular weight excluding hydrogens is 277 g/mol. The number of halogens is 3. The highest BCUT2D eigenvalue weighted by Gasteiger charge is 2.08. The normalized spacial score (nSPS) is 10.9. The number of carbonyl (C=O) groups excluding carboxylic acids is 1. The lowest BCUT2D eigenvalue weighted by atomic mass is 10.2. The SMILES string of the molecule is O=C(N/N=C/c1cccc(F)c1F)c1ccc(F)s1. The van der Waals surface area contributed by atoms with Crippen LogP contribution in [0.5, 0.6) is 0 Å². The molecule has 1 aromatic heterocycles. The molecule has 1 amide bonds. The first-order valence-electron chi connectivity index (χ1n) is 5.10. The van der Waals surface area contributed by atoms with Gasteiger partial charge in [0.25, 0.3) is 5.91 Å². The van der Waals surface area contributed by atoms with E-state index < -0.39 is 22.7 Å². The number of rotatable bonds is 3. The van der Waals surface area contributed by atoms with Gasteiger partial charge in [-0.15, -0.1) is 11.3 Å². The summed E-state index contributed by atoms with van der Waals surface area (Å²) in [6, 6.07) is 6.04. The molecule has 19 heavy (non-hydrogen) atoms. The summed E-state index contributed by atoms with van der Waals surface area (Å²) < 4.78 is 38.8. The Labute approximate surface area is 110 Å². The molecule has 2 aromatic rings. The van der Waals surface area contributed by atoms with Crippen LogP contribution in [0, 0.1) is 16.8 Å². The molecule has 1 heterocycles. The van der Waals surface area contributed by atoms with Crippen LogP contribution in [0.15, 0.2) is 35.4 Å². The number of nitrogens with one attached hydrogen (secondary N) is 1. The van der Waals surface area contributed by atoms with Crippen LogP contribution < -0.4 is 5.43 Å². The molecule has 2 rings (SSSR count). The number of hydrogen-bond donors (Lipinski definition) is 1. The maximum absolute atomic E-state index is 13.2. The predicted molar refractivity (Wildman–Crippen MR) is 65.7 cm³/mol. The summed E-state index contributed by atoms with van der Waals surface area (Å²) in [7, 11) is 0. The number of hydrazone groups is 1. The van der Waals surface area contributed by atoms with Crippen molar-refractivity contribution in [1.29, 1.82) is 0 Å².